The third-order valence-electron chi connectivity index (χ3n) is 3.70. The summed E-state index contributed by atoms with van der Waals surface area (Å²) in [5, 5.41) is 18.5. The molecule has 3 rings (SSSR count). The molecule has 0 radical (unpaired) electrons. The zero-order chi connectivity index (χ0) is 13.2. The van der Waals surface area contributed by atoms with E-state index in [9.17, 15) is 5.11 Å². The molecule has 1 unspecified atom stereocenters. The molecule has 0 amide bonds. The van der Waals surface area contributed by atoms with Crippen LogP contribution < -0.4 is 0 Å². The first kappa shape index (κ1) is 12.6. The lowest BCUT2D eigenvalue weighted by Crippen LogP contribution is -2.23. The van der Waals surface area contributed by atoms with Crippen molar-refractivity contribution in [1.29, 1.82) is 0 Å². The first-order chi connectivity index (χ1) is 9.28. The molecule has 1 aromatic carbocycles. The van der Waals surface area contributed by atoms with Crippen molar-refractivity contribution in [3.05, 3.63) is 46.5 Å². The van der Waals surface area contributed by atoms with Crippen LogP contribution in [-0.4, -0.2) is 26.5 Å². The number of fused-ring (bicyclic) bond motifs is 1. The molecular weight excluding hydrogens is 262 g/mol. The minimum absolute atomic E-state index is 0.229. The van der Waals surface area contributed by atoms with Gasteiger partial charge in [0, 0.05) is 31.0 Å². The van der Waals surface area contributed by atoms with Crippen LogP contribution in [0.5, 0.6) is 0 Å². The van der Waals surface area contributed by atoms with E-state index in [4.69, 9.17) is 11.6 Å². The zero-order valence-corrected chi connectivity index (χ0v) is 11.3. The summed E-state index contributed by atoms with van der Waals surface area (Å²) in [5.74, 6) is 2.26. The Hall–Kier alpha value is -1.39. The van der Waals surface area contributed by atoms with E-state index in [1.165, 1.54) is 0 Å². The first-order valence-corrected chi connectivity index (χ1v) is 6.91. The van der Waals surface area contributed by atoms with Gasteiger partial charge in [-0.1, -0.05) is 29.8 Å². The highest BCUT2D eigenvalue weighted by Crippen LogP contribution is 2.23. The molecule has 1 aliphatic heterocycles. The molecule has 2 heterocycles. The van der Waals surface area contributed by atoms with Gasteiger partial charge < -0.3 is 9.67 Å². The van der Waals surface area contributed by atoms with Crippen LogP contribution in [0.25, 0.3) is 0 Å². The quantitative estimate of drug-likeness (QED) is 0.934. The lowest BCUT2D eigenvalue weighted by molar-refractivity contribution is 0.198. The number of aliphatic hydroxyl groups excluding tert-OH is 1. The molecule has 1 N–H and O–H groups in total. The molecule has 1 aliphatic rings. The van der Waals surface area contributed by atoms with Crippen LogP contribution in [0.1, 0.15) is 23.6 Å². The van der Waals surface area contributed by atoms with Gasteiger partial charge in [0.1, 0.15) is 11.6 Å². The van der Waals surface area contributed by atoms with Gasteiger partial charge in [0.15, 0.2) is 0 Å². The summed E-state index contributed by atoms with van der Waals surface area (Å²) in [6.45, 7) is 1.11. The molecule has 100 valence electrons. The van der Waals surface area contributed by atoms with Crippen molar-refractivity contribution in [2.75, 3.05) is 6.61 Å². The van der Waals surface area contributed by atoms with E-state index >= 15 is 0 Å². The number of nitrogens with zero attached hydrogens (tertiary/aromatic N) is 3. The number of halogens is 1. The van der Waals surface area contributed by atoms with Gasteiger partial charge in [0.2, 0.25) is 0 Å². The Morgan fingerprint density at radius 1 is 1.32 bits per heavy atom. The van der Waals surface area contributed by atoms with Crippen LogP contribution in [0.4, 0.5) is 0 Å². The summed E-state index contributed by atoms with van der Waals surface area (Å²) in [5.41, 5.74) is 1.07. The normalized spacial score (nSPS) is 18.3. The van der Waals surface area contributed by atoms with Crippen molar-refractivity contribution in [3.8, 4) is 0 Å². The molecule has 0 spiro atoms. The van der Waals surface area contributed by atoms with Crippen molar-refractivity contribution in [2.24, 2.45) is 5.92 Å². The summed E-state index contributed by atoms with van der Waals surface area (Å²) < 4.78 is 2.16. The van der Waals surface area contributed by atoms with Crippen molar-refractivity contribution >= 4 is 11.6 Å². The monoisotopic (exact) mass is 277 g/mol. The number of hydrogen-bond donors (Lipinski definition) is 1. The van der Waals surface area contributed by atoms with Crippen molar-refractivity contribution in [3.63, 3.8) is 0 Å². The Labute approximate surface area is 117 Å². The Balaban J connectivity index is 1.84. The highest BCUT2D eigenvalue weighted by molar-refractivity contribution is 6.31. The maximum atomic E-state index is 9.22. The molecule has 2 aromatic rings. The number of benzene rings is 1. The SMILES string of the molecule is OCC1CCn2c(Cc3ccccc3Cl)nnc2C1. The van der Waals surface area contributed by atoms with Crippen LogP contribution in [0, 0.1) is 5.92 Å². The molecular formula is C14H16ClN3O. The number of aliphatic hydroxyl groups is 1. The van der Waals surface area contributed by atoms with E-state index in [2.05, 4.69) is 14.8 Å². The Bertz CT molecular complexity index is 582. The summed E-state index contributed by atoms with van der Waals surface area (Å²) >= 11 is 6.18. The molecule has 0 bridgehead atoms. The second-order valence-corrected chi connectivity index (χ2v) is 5.40. The molecule has 1 aromatic heterocycles. The molecule has 19 heavy (non-hydrogen) atoms. The molecule has 4 nitrogen and oxygen atoms in total. The third kappa shape index (κ3) is 2.51. The van der Waals surface area contributed by atoms with Crippen LogP contribution in [0.2, 0.25) is 5.02 Å². The third-order valence-corrected chi connectivity index (χ3v) is 4.07. The van der Waals surface area contributed by atoms with Crippen molar-refractivity contribution < 1.29 is 5.11 Å². The lowest BCUT2D eigenvalue weighted by Gasteiger charge is -2.21. The lowest BCUT2D eigenvalue weighted by atomic mass is 9.99. The molecule has 1 atom stereocenters. The second-order valence-electron chi connectivity index (χ2n) is 4.99. The second kappa shape index (κ2) is 5.31. The summed E-state index contributed by atoms with van der Waals surface area (Å²) in [7, 11) is 0. The minimum Gasteiger partial charge on any atom is -0.396 e. The topological polar surface area (TPSA) is 50.9 Å². The maximum absolute atomic E-state index is 9.22. The van der Waals surface area contributed by atoms with E-state index in [0.717, 1.165) is 41.6 Å². The zero-order valence-electron chi connectivity index (χ0n) is 10.6. The van der Waals surface area contributed by atoms with Crippen molar-refractivity contribution in [1.82, 2.24) is 14.8 Å². The van der Waals surface area contributed by atoms with E-state index in [1.54, 1.807) is 0 Å². The van der Waals surface area contributed by atoms with Gasteiger partial charge in [0.25, 0.3) is 0 Å². The standard InChI is InChI=1S/C14H16ClN3O/c15-12-4-2-1-3-11(12)8-14-17-16-13-7-10(9-19)5-6-18(13)14/h1-4,10,19H,5-9H2. The van der Waals surface area contributed by atoms with Crippen LogP contribution in [-0.2, 0) is 19.4 Å². The van der Waals surface area contributed by atoms with E-state index in [1.807, 2.05) is 24.3 Å². The molecule has 0 aliphatic carbocycles. The predicted molar refractivity (Wildman–Crippen MR) is 73.2 cm³/mol. The average Bonchev–Trinajstić information content (AvgIpc) is 2.83. The molecule has 0 fully saturated rings. The first-order valence-electron chi connectivity index (χ1n) is 6.53. The highest BCUT2D eigenvalue weighted by atomic mass is 35.5. The molecule has 0 saturated carbocycles. The smallest absolute Gasteiger partial charge is 0.137 e. The van der Waals surface area contributed by atoms with E-state index in [-0.39, 0.29) is 6.61 Å². The van der Waals surface area contributed by atoms with Gasteiger partial charge in [-0.15, -0.1) is 10.2 Å². The van der Waals surface area contributed by atoms with Gasteiger partial charge in [-0.2, -0.15) is 0 Å². The fourth-order valence-corrected chi connectivity index (χ4v) is 2.75. The predicted octanol–water partition coefficient (Wildman–Crippen LogP) is 2.08. The van der Waals surface area contributed by atoms with Crippen LogP contribution >= 0.6 is 11.6 Å². The Morgan fingerprint density at radius 3 is 2.95 bits per heavy atom. The van der Waals surface area contributed by atoms with Crippen molar-refractivity contribution in [2.45, 2.75) is 25.8 Å². The summed E-state index contributed by atoms with van der Waals surface area (Å²) in [6, 6.07) is 7.82. The number of rotatable bonds is 3. The fourth-order valence-electron chi connectivity index (χ4n) is 2.55. The van der Waals surface area contributed by atoms with Gasteiger partial charge in [-0.25, -0.2) is 0 Å². The van der Waals surface area contributed by atoms with Crippen LogP contribution in [0.3, 0.4) is 0 Å². The highest BCUT2D eigenvalue weighted by Gasteiger charge is 2.22. The van der Waals surface area contributed by atoms with Gasteiger partial charge >= 0.3 is 0 Å². The average molecular weight is 278 g/mol. The number of hydrogen-bond acceptors (Lipinski definition) is 3. The number of aromatic nitrogens is 3. The fraction of sp³-hybridized carbons (Fsp3) is 0.429. The van der Waals surface area contributed by atoms with Crippen LogP contribution in [0.15, 0.2) is 24.3 Å². The largest absolute Gasteiger partial charge is 0.396 e. The summed E-state index contributed by atoms with van der Waals surface area (Å²) in [4.78, 5) is 0. The van der Waals surface area contributed by atoms with Gasteiger partial charge in [-0.3, -0.25) is 0 Å². The molecule has 0 saturated heterocycles. The Kier molecular flexibility index (Phi) is 3.53. The maximum Gasteiger partial charge on any atom is 0.137 e. The van der Waals surface area contributed by atoms with E-state index < -0.39 is 0 Å². The van der Waals surface area contributed by atoms with E-state index in [0.29, 0.717) is 12.3 Å². The van der Waals surface area contributed by atoms with Gasteiger partial charge in [-0.05, 0) is 24.0 Å². The molecule has 5 heteroatoms. The minimum atomic E-state index is 0.229. The van der Waals surface area contributed by atoms with Gasteiger partial charge in [0.05, 0.1) is 0 Å². The Morgan fingerprint density at radius 2 is 2.16 bits per heavy atom. The summed E-state index contributed by atoms with van der Waals surface area (Å²) in [6.07, 6.45) is 2.50.